The molecule has 0 unspecified atom stereocenters. The molecule has 0 amide bonds. The number of halogens is 1. The van der Waals surface area contributed by atoms with Gasteiger partial charge in [0.2, 0.25) is 26.6 Å². The number of benzene rings is 2. The molecule has 0 spiro atoms. The van der Waals surface area contributed by atoms with E-state index in [1.165, 1.54) is 12.1 Å². The van der Waals surface area contributed by atoms with Gasteiger partial charge in [-0.05, 0) is 49.2 Å². The molecule has 1 aromatic heterocycles. The molecule has 146 valence electrons. The Bertz CT molecular complexity index is 1040. The van der Waals surface area contributed by atoms with Crippen molar-refractivity contribution in [2.45, 2.75) is 28.9 Å². The summed E-state index contributed by atoms with van der Waals surface area (Å²) >= 11 is 5.94. The Hall–Kier alpha value is -2.35. The number of anilines is 1. The maximum Gasteiger partial charge on any atom is 0.233 e. The predicted octanol–water partition coefficient (Wildman–Crippen LogP) is 4.42. The summed E-state index contributed by atoms with van der Waals surface area (Å²) < 4.78 is 37.7. The molecule has 2 aromatic carbocycles. The maximum atomic E-state index is 13.1. The minimum Gasteiger partial charge on any atom is -0.419 e. The van der Waals surface area contributed by atoms with E-state index in [9.17, 15) is 8.42 Å². The summed E-state index contributed by atoms with van der Waals surface area (Å²) in [7, 11) is -3.84. The van der Waals surface area contributed by atoms with Crippen molar-refractivity contribution in [3.05, 3.63) is 59.6 Å². The number of aromatic nitrogens is 1. The highest BCUT2D eigenvalue weighted by Crippen LogP contribution is 2.33. The predicted molar refractivity (Wildman–Crippen MR) is 106 cm³/mol. The van der Waals surface area contributed by atoms with Crippen LogP contribution in [0.5, 0.6) is 0 Å². The molecule has 0 saturated carbocycles. The molecule has 0 radical (unpaired) electrons. The molecule has 1 saturated heterocycles. The average Bonchev–Trinajstić information content (AvgIpc) is 3.38. The second kappa shape index (κ2) is 7.95. The molecule has 2 heterocycles. The Morgan fingerprint density at radius 2 is 1.86 bits per heavy atom. The normalized spacial score (nSPS) is 17.0. The third-order valence-corrected chi connectivity index (χ3v) is 6.44. The van der Waals surface area contributed by atoms with Crippen LogP contribution in [0, 0.1) is 0 Å². The highest BCUT2D eigenvalue weighted by Gasteiger charge is 2.29. The summed E-state index contributed by atoms with van der Waals surface area (Å²) in [5, 5.41) is 3.51. The quantitative estimate of drug-likeness (QED) is 0.638. The number of nitrogens with one attached hydrogen (secondary N) is 1. The second-order valence-electron chi connectivity index (χ2n) is 6.49. The van der Waals surface area contributed by atoms with E-state index in [1.807, 2.05) is 0 Å². The monoisotopic (exact) mass is 418 g/mol. The van der Waals surface area contributed by atoms with Crippen molar-refractivity contribution >= 4 is 27.3 Å². The number of oxazole rings is 1. The van der Waals surface area contributed by atoms with Gasteiger partial charge in [-0.2, -0.15) is 4.98 Å². The van der Waals surface area contributed by atoms with Gasteiger partial charge in [0.1, 0.15) is 0 Å². The van der Waals surface area contributed by atoms with Gasteiger partial charge in [-0.3, -0.25) is 0 Å². The molecule has 3 aromatic rings. The first kappa shape index (κ1) is 19.0. The van der Waals surface area contributed by atoms with Crippen LogP contribution in [0.4, 0.5) is 5.88 Å². The van der Waals surface area contributed by atoms with Gasteiger partial charge in [0, 0.05) is 23.7 Å². The van der Waals surface area contributed by atoms with E-state index >= 15 is 0 Å². The van der Waals surface area contributed by atoms with Crippen LogP contribution >= 0.6 is 11.6 Å². The molecular formula is C20H19ClN2O4S. The standard InChI is InChI=1S/C20H19ClN2O4S/c21-15-10-8-14(9-11-15)18-23-20(28(24,25)17-6-2-1-3-7-17)19(27-18)22-13-16-5-4-12-26-16/h1-3,6-11,16,22H,4-5,12-13H2/t16-/m0/s1. The molecule has 1 fully saturated rings. The fourth-order valence-corrected chi connectivity index (χ4v) is 4.46. The first-order valence-corrected chi connectivity index (χ1v) is 10.8. The molecule has 1 aliphatic heterocycles. The van der Waals surface area contributed by atoms with E-state index in [2.05, 4.69) is 10.3 Å². The van der Waals surface area contributed by atoms with Gasteiger partial charge in [0.25, 0.3) is 0 Å². The zero-order valence-electron chi connectivity index (χ0n) is 15.0. The van der Waals surface area contributed by atoms with E-state index in [0.29, 0.717) is 23.7 Å². The molecule has 6 nitrogen and oxygen atoms in total. The Morgan fingerprint density at radius 1 is 1.11 bits per heavy atom. The molecular weight excluding hydrogens is 400 g/mol. The van der Waals surface area contributed by atoms with E-state index in [-0.39, 0.29) is 27.8 Å². The first-order valence-electron chi connectivity index (χ1n) is 8.96. The molecule has 4 rings (SSSR count). The van der Waals surface area contributed by atoms with Crippen molar-refractivity contribution in [1.82, 2.24) is 4.98 Å². The summed E-state index contributed by atoms with van der Waals surface area (Å²) in [5.74, 6) is 0.324. The van der Waals surface area contributed by atoms with Gasteiger partial charge in [0.15, 0.2) is 0 Å². The Balaban J connectivity index is 1.72. The molecule has 8 heteroatoms. The van der Waals surface area contributed by atoms with Crippen LogP contribution in [0.25, 0.3) is 11.5 Å². The van der Waals surface area contributed by atoms with Crippen LogP contribution < -0.4 is 5.32 Å². The largest absolute Gasteiger partial charge is 0.419 e. The smallest absolute Gasteiger partial charge is 0.233 e. The van der Waals surface area contributed by atoms with Crippen LogP contribution in [-0.4, -0.2) is 32.7 Å². The van der Waals surface area contributed by atoms with E-state index in [1.54, 1.807) is 42.5 Å². The van der Waals surface area contributed by atoms with Gasteiger partial charge < -0.3 is 14.5 Å². The zero-order chi connectivity index (χ0) is 19.6. The number of ether oxygens (including phenoxy) is 1. The van der Waals surface area contributed by atoms with Gasteiger partial charge in [-0.25, -0.2) is 8.42 Å². The lowest BCUT2D eigenvalue weighted by Gasteiger charge is -2.10. The first-order chi connectivity index (χ1) is 13.5. The third kappa shape index (κ3) is 3.92. The van der Waals surface area contributed by atoms with Crippen molar-refractivity contribution < 1.29 is 17.6 Å². The van der Waals surface area contributed by atoms with Gasteiger partial charge in [-0.15, -0.1) is 0 Å². The number of hydrogen-bond donors (Lipinski definition) is 1. The topological polar surface area (TPSA) is 81.4 Å². The molecule has 1 atom stereocenters. The van der Waals surface area contributed by atoms with E-state index < -0.39 is 9.84 Å². The Kier molecular flexibility index (Phi) is 5.39. The Labute approximate surface area is 168 Å². The van der Waals surface area contributed by atoms with Gasteiger partial charge >= 0.3 is 0 Å². The van der Waals surface area contributed by atoms with Crippen molar-refractivity contribution in [3.8, 4) is 11.5 Å². The second-order valence-corrected chi connectivity index (χ2v) is 8.79. The van der Waals surface area contributed by atoms with Crippen LogP contribution in [0.1, 0.15) is 12.8 Å². The lowest BCUT2D eigenvalue weighted by Crippen LogP contribution is -2.19. The summed E-state index contributed by atoms with van der Waals surface area (Å²) in [6.45, 7) is 1.17. The summed E-state index contributed by atoms with van der Waals surface area (Å²) in [5.41, 5.74) is 0.638. The van der Waals surface area contributed by atoms with Crippen LogP contribution in [0.3, 0.4) is 0 Å². The van der Waals surface area contributed by atoms with Gasteiger partial charge in [-0.1, -0.05) is 29.8 Å². The van der Waals surface area contributed by atoms with E-state index in [4.69, 9.17) is 20.8 Å². The van der Waals surface area contributed by atoms with E-state index in [0.717, 1.165) is 12.8 Å². The minimum atomic E-state index is -3.84. The number of sulfone groups is 1. The SMILES string of the molecule is O=S(=O)(c1ccccc1)c1nc(-c2ccc(Cl)cc2)oc1NC[C@@H]1CCCO1. The lowest BCUT2D eigenvalue weighted by molar-refractivity contribution is 0.120. The summed E-state index contributed by atoms with van der Waals surface area (Å²) in [6.07, 6.45) is 1.94. The number of nitrogens with zero attached hydrogens (tertiary/aromatic N) is 1. The minimum absolute atomic E-state index is 0.0244. The fraction of sp³-hybridized carbons (Fsp3) is 0.250. The zero-order valence-corrected chi connectivity index (χ0v) is 16.5. The van der Waals surface area contributed by atoms with Gasteiger partial charge in [0.05, 0.1) is 11.0 Å². The Morgan fingerprint density at radius 3 is 2.54 bits per heavy atom. The summed E-state index contributed by atoms with van der Waals surface area (Å²) in [6, 6.07) is 15.0. The maximum absolute atomic E-state index is 13.1. The van der Waals surface area contributed by atoms with Crippen molar-refractivity contribution in [2.24, 2.45) is 0 Å². The molecule has 1 N–H and O–H groups in total. The van der Waals surface area contributed by atoms with Crippen molar-refractivity contribution in [2.75, 3.05) is 18.5 Å². The lowest BCUT2D eigenvalue weighted by atomic mass is 10.2. The molecule has 0 bridgehead atoms. The number of hydrogen-bond acceptors (Lipinski definition) is 6. The third-order valence-electron chi connectivity index (χ3n) is 4.51. The van der Waals surface area contributed by atoms with Crippen LogP contribution in [0.15, 0.2) is 68.9 Å². The molecule has 0 aliphatic carbocycles. The average molecular weight is 419 g/mol. The fourth-order valence-electron chi connectivity index (χ4n) is 3.04. The number of rotatable bonds is 6. The highest BCUT2D eigenvalue weighted by atomic mass is 35.5. The molecule has 28 heavy (non-hydrogen) atoms. The van der Waals surface area contributed by atoms with Crippen molar-refractivity contribution in [1.29, 1.82) is 0 Å². The molecule has 1 aliphatic rings. The van der Waals surface area contributed by atoms with Crippen LogP contribution in [-0.2, 0) is 14.6 Å². The highest BCUT2D eigenvalue weighted by molar-refractivity contribution is 7.91. The summed E-state index contributed by atoms with van der Waals surface area (Å²) in [4.78, 5) is 4.46. The van der Waals surface area contributed by atoms with Crippen LogP contribution in [0.2, 0.25) is 5.02 Å². The van der Waals surface area contributed by atoms with Crippen molar-refractivity contribution in [3.63, 3.8) is 0 Å².